The van der Waals surface area contributed by atoms with E-state index in [0.29, 0.717) is 5.41 Å². The predicted octanol–water partition coefficient (Wildman–Crippen LogP) is 4.43. The summed E-state index contributed by atoms with van der Waals surface area (Å²) in [6.45, 7) is 6.92. The average Bonchev–Trinajstić information content (AvgIpc) is 2.40. The van der Waals surface area contributed by atoms with Gasteiger partial charge < -0.3 is 5.32 Å². The summed E-state index contributed by atoms with van der Waals surface area (Å²) in [5, 5.41) is 3.72. The molecule has 0 bridgehead atoms. The van der Waals surface area contributed by atoms with Gasteiger partial charge in [0, 0.05) is 6.54 Å². The topological polar surface area (TPSA) is 12.0 Å². The molecular weight excluding hydrogens is 230 g/mol. The van der Waals surface area contributed by atoms with Gasteiger partial charge in [0.05, 0.1) is 0 Å². The monoisotopic (exact) mass is 259 g/mol. The lowest BCUT2D eigenvalue weighted by Crippen LogP contribution is -2.39. The molecule has 106 valence electrons. The van der Waals surface area contributed by atoms with E-state index >= 15 is 0 Å². The van der Waals surface area contributed by atoms with Gasteiger partial charge in [0.1, 0.15) is 0 Å². The molecule has 1 aromatic rings. The van der Waals surface area contributed by atoms with Crippen LogP contribution in [0.2, 0.25) is 0 Å². The van der Waals surface area contributed by atoms with Crippen molar-refractivity contribution in [3.05, 3.63) is 35.9 Å². The van der Waals surface area contributed by atoms with Crippen LogP contribution in [-0.2, 0) is 6.42 Å². The Morgan fingerprint density at radius 2 is 1.74 bits per heavy atom. The van der Waals surface area contributed by atoms with Crippen LogP contribution in [0, 0.1) is 11.3 Å². The van der Waals surface area contributed by atoms with Gasteiger partial charge in [-0.3, -0.25) is 0 Å². The van der Waals surface area contributed by atoms with Crippen molar-refractivity contribution in [2.45, 2.75) is 52.4 Å². The van der Waals surface area contributed by atoms with Crippen molar-refractivity contribution < 1.29 is 0 Å². The molecule has 1 N–H and O–H groups in total. The molecule has 0 aliphatic heterocycles. The molecular formula is C18H29N. The van der Waals surface area contributed by atoms with Crippen LogP contribution in [0.5, 0.6) is 0 Å². The zero-order chi connectivity index (χ0) is 13.6. The van der Waals surface area contributed by atoms with Crippen molar-refractivity contribution in [2.24, 2.45) is 11.3 Å². The summed E-state index contributed by atoms with van der Waals surface area (Å²) >= 11 is 0. The Kier molecular flexibility index (Phi) is 5.45. The molecule has 0 amide bonds. The summed E-state index contributed by atoms with van der Waals surface area (Å²) in [5.74, 6) is 0.748. The maximum atomic E-state index is 3.72. The average molecular weight is 259 g/mol. The molecule has 1 saturated carbocycles. The van der Waals surface area contributed by atoms with Crippen LogP contribution in [0.4, 0.5) is 0 Å². The Morgan fingerprint density at radius 3 is 2.37 bits per heavy atom. The minimum Gasteiger partial charge on any atom is -0.316 e. The minimum atomic E-state index is 0.508. The Labute approximate surface area is 118 Å². The molecule has 0 unspecified atom stereocenters. The second-order valence-electron chi connectivity index (χ2n) is 6.75. The zero-order valence-corrected chi connectivity index (χ0v) is 12.6. The van der Waals surface area contributed by atoms with Gasteiger partial charge in [-0.05, 0) is 42.7 Å². The third-order valence-corrected chi connectivity index (χ3v) is 4.39. The molecule has 1 fully saturated rings. The normalized spacial score (nSPS) is 18.7. The van der Waals surface area contributed by atoms with E-state index in [0.717, 1.165) is 12.5 Å². The van der Waals surface area contributed by atoms with Gasteiger partial charge in [0.15, 0.2) is 0 Å². The van der Waals surface area contributed by atoms with Crippen molar-refractivity contribution in [3.63, 3.8) is 0 Å². The van der Waals surface area contributed by atoms with Crippen molar-refractivity contribution in [1.29, 1.82) is 0 Å². The maximum Gasteiger partial charge on any atom is 0.00111 e. The molecule has 0 spiro atoms. The van der Waals surface area contributed by atoms with E-state index in [1.54, 1.807) is 0 Å². The molecule has 0 heterocycles. The number of nitrogens with one attached hydrogen (secondary N) is 1. The molecule has 0 saturated heterocycles. The summed E-state index contributed by atoms with van der Waals surface area (Å²) in [6, 6.07) is 11.0. The second-order valence-corrected chi connectivity index (χ2v) is 6.75. The van der Waals surface area contributed by atoms with E-state index in [1.165, 1.54) is 50.6 Å². The van der Waals surface area contributed by atoms with Crippen LogP contribution in [0.25, 0.3) is 0 Å². The zero-order valence-electron chi connectivity index (χ0n) is 12.6. The van der Waals surface area contributed by atoms with Gasteiger partial charge in [-0.1, -0.05) is 63.4 Å². The third-order valence-electron chi connectivity index (χ3n) is 4.39. The molecule has 1 aliphatic carbocycles. The van der Waals surface area contributed by atoms with E-state index < -0.39 is 0 Å². The van der Waals surface area contributed by atoms with Gasteiger partial charge in [-0.15, -0.1) is 0 Å². The first kappa shape index (κ1) is 14.6. The van der Waals surface area contributed by atoms with Crippen LogP contribution < -0.4 is 5.32 Å². The molecule has 1 aromatic carbocycles. The van der Waals surface area contributed by atoms with Gasteiger partial charge in [-0.2, -0.15) is 0 Å². The van der Waals surface area contributed by atoms with E-state index in [-0.39, 0.29) is 0 Å². The van der Waals surface area contributed by atoms with Crippen molar-refractivity contribution in [1.82, 2.24) is 5.32 Å². The largest absolute Gasteiger partial charge is 0.316 e. The van der Waals surface area contributed by atoms with E-state index in [1.807, 2.05) is 0 Å². The summed E-state index contributed by atoms with van der Waals surface area (Å²) in [6.07, 6.45) is 8.30. The van der Waals surface area contributed by atoms with Gasteiger partial charge >= 0.3 is 0 Å². The highest BCUT2D eigenvalue weighted by Crippen LogP contribution is 2.38. The molecule has 19 heavy (non-hydrogen) atoms. The Hall–Kier alpha value is -0.820. The SMILES string of the molecule is CC(C)CNCC1(Cc2ccccc2)CCCCC1. The second kappa shape index (κ2) is 7.09. The summed E-state index contributed by atoms with van der Waals surface area (Å²) in [5.41, 5.74) is 2.02. The lowest BCUT2D eigenvalue weighted by atomic mass is 9.70. The molecule has 1 heteroatoms. The van der Waals surface area contributed by atoms with E-state index in [9.17, 15) is 0 Å². The number of hydrogen-bond donors (Lipinski definition) is 1. The lowest BCUT2D eigenvalue weighted by molar-refractivity contribution is 0.179. The van der Waals surface area contributed by atoms with E-state index in [4.69, 9.17) is 0 Å². The highest BCUT2D eigenvalue weighted by molar-refractivity contribution is 5.17. The van der Waals surface area contributed by atoms with Crippen LogP contribution >= 0.6 is 0 Å². The summed E-state index contributed by atoms with van der Waals surface area (Å²) < 4.78 is 0. The van der Waals surface area contributed by atoms with Crippen molar-refractivity contribution in [3.8, 4) is 0 Å². The maximum absolute atomic E-state index is 3.72. The number of benzene rings is 1. The first-order chi connectivity index (χ1) is 9.20. The van der Waals surface area contributed by atoms with Crippen molar-refractivity contribution >= 4 is 0 Å². The highest BCUT2D eigenvalue weighted by atomic mass is 14.9. The van der Waals surface area contributed by atoms with E-state index in [2.05, 4.69) is 49.5 Å². The molecule has 0 aromatic heterocycles. The van der Waals surface area contributed by atoms with Crippen LogP contribution in [0.3, 0.4) is 0 Å². The molecule has 2 rings (SSSR count). The first-order valence-electron chi connectivity index (χ1n) is 7.95. The van der Waals surface area contributed by atoms with Gasteiger partial charge in [0.25, 0.3) is 0 Å². The molecule has 0 atom stereocenters. The Bertz CT molecular complexity index is 349. The molecule has 1 aliphatic rings. The van der Waals surface area contributed by atoms with Crippen LogP contribution in [-0.4, -0.2) is 13.1 Å². The Morgan fingerprint density at radius 1 is 1.05 bits per heavy atom. The smallest absolute Gasteiger partial charge is 0.00111 e. The fraction of sp³-hybridized carbons (Fsp3) is 0.667. The highest BCUT2D eigenvalue weighted by Gasteiger charge is 2.31. The van der Waals surface area contributed by atoms with Gasteiger partial charge in [0.2, 0.25) is 0 Å². The summed E-state index contributed by atoms with van der Waals surface area (Å²) in [7, 11) is 0. The fourth-order valence-electron chi connectivity index (χ4n) is 3.37. The van der Waals surface area contributed by atoms with Crippen molar-refractivity contribution in [2.75, 3.05) is 13.1 Å². The molecule has 0 radical (unpaired) electrons. The predicted molar refractivity (Wildman–Crippen MR) is 83.4 cm³/mol. The third kappa shape index (κ3) is 4.65. The van der Waals surface area contributed by atoms with Crippen LogP contribution in [0.15, 0.2) is 30.3 Å². The number of rotatable bonds is 6. The fourth-order valence-corrected chi connectivity index (χ4v) is 3.37. The quantitative estimate of drug-likeness (QED) is 0.797. The van der Waals surface area contributed by atoms with Gasteiger partial charge in [-0.25, -0.2) is 0 Å². The molecule has 1 nitrogen and oxygen atoms in total. The summed E-state index contributed by atoms with van der Waals surface area (Å²) in [4.78, 5) is 0. The Balaban J connectivity index is 1.97. The number of hydrogen-bond acceptors (Lipinski definition) is 1. The minimum absolute atomic E-state index is 0.508. The standard InChI is InChI=1S/C18H29N/c1-16(2)14-19-15-18(11-7-4-8-12-18)13-17-9-5-3-6-10-17/h3,5-6,9-10,16,19H,4,7-8,11-15H2,1-2H3. The lowest BCUT2D eigenvalue weighted by Gasteiger charge is -2.38. The van der Waals surface area contributed by atoms with Crippen LogP contribution in [0.1, 0.15) is 51.5 Å². The first-order valence-corrected chi connectivity index (χ1v) is 7.95.